The Bertz CT molecular complexity index is 1500. The number of aliphatic carboxylic acids is 6. The quantitative estimate of drug-likeness (QED) is 0.0693. The summed E-state index contributed by atoms with van der Waals surface area (Å²) in [7, 11) is 0. The third kappa shape index (κ3) is 33.0. The molecule has 24 N–H and O–H groups in total. The second-order valence-corrected chi connectivity index (χ2v) is 12.6. The highest BCUT2D eigenvalue weighted by Crippen LogP contribution is 2.12. The molecule has 3 rings (SSSR count). The number of hydrogen-bond donors (Lipinski definition) is 17. The Morgan fingerprint density at radius 3 is 1.20 bits per heavy atom. The van der Waals surface area contributed by atoms with Crippen LogP contribution in [0.3, 0.4) is 0 Å². The largest absolute Gasteiger partial charge is 0.508 e. The summed E-state index contributed by atoms with van der Waals surface area (Å²) in [5.41, 5.74) is 37.0. The van der Waals surface area contributed by atoms with Gasteiger partial charge in [0.2, 0.25) is 5.91 Å². The number of carboxylic acid groups (broad SMARTS) is 6. The first-order valence-electron chi connectivity index (χ1n) is 17.9. The number of nitrogens with one attached hydrogen (secondary N) is 1. The highest BCUT2D eigenvalue weighted by Gasteiger charge is 2.20. The highest BCUT2D eigenvalue weighted by molar-refractivity contribution is 5.83. The van der Waals surface area contributed by atoms with Gasteiger partial charge < -0.3 is 91.4 Å². The average Bonchev–Trinajstić information content (AvgIpc) is 3.73. The van der Waals surface area contributed by atoms with Gasteiger partial charge in [-0.05, 0) is 87.0 Å². The van der Waals surface area contributed by atoms with Gasteiger partial charge in [-0.25, -0.2) is 0 Å². The zero-order chi connectivity index (χ0) is 47.0. The van der Waals surface area contributed by atoms with Gasteiger partial charge in [-0.3, -0.25) is 33.6 Å². The molecule has 5 unspecified atom stereocenters. The Labute approximate surface area is 344 Å². The number of carbonyl (C=O) groups excluding carboxylic acids is 1. The normalized spacial score (nSPS) is 14.8. The van der Waals surface area contributed by atoms with Crippen molar-refractivity contribution in [3.05, 3.63) is 59.7 Å². The molecule has 1 saturated heterocycles. The molecule has 0 radical (unpaired) electrons. The van der Waals surface area contributed by atoms with Gasteiger partial charge in [0.15, 0.2) is 0 Å². The molecule has 0 aromatic heterocycles. The highest BCUT2D eigenvalue weighted by atomic mass is 16.4. The third-order valence-corrected chi connectivity index (χ3v) is 7.32. The summed E-state index contributed by atoms with van der Waals surface area (Å²) < 4.78 is 0. The molecule has 6 atom stereocenters. The van der Waals surface area contributed by atoms with E-state index in [2.05, 4.69) is 11.1 Å². The van der Waals surface area contributed by atoms with Crippen LogP contribution in [0.5, 0.6) is 11.5 Å². The van der Waals surface area contributed by atoms with E-state index in [-0.39, 0.29) is 36.8 Å². The number of carbonyl (C=O) groups is 7. The molecule has 0 spiro atoms. The maximum absolute atomic E-state index is 10.4. The number of aliphatic hydroxyl groups excluding tert-OH is 1. The van der Waals surface area contributed by atoms with Crippen molar-refractivity contribution < 1.29 is 79.5 Å². The average molecular weight is 861 g/mol. The van der Waals surface area contributed by atoms with E-state index in [0.717, 1.165) is 43.4 Å². The van der Waals surface area contributed by atoms with E-state index >= 15 is 0 Å². The van der Waals surface area contributed by atoms with Crippen LogP contribution in [0.2, 0.25) is 0 Å². The van der Waals surface area contributed by atoms with Crippen LogP contribution in [0, 0.1) is 0 Å². The third-order valence-electron chi connectivity index (χ3n) is 7.32. The van der Waals surface area contributed by atoms with E-state index in [4.69, 9.17) is 80.4 Å². The first kappa shape index (κ1) is 58.3. The molecule has 1 fully saturated rings. The molecule has 24 heteroatoms. The van der Waals surface area contributed by atoms with Crippen molar-refractivity contribution >= 4 is 41.7 Å². The summed E-state index contributed by atoms with van der Waals surface area (Å²) >= 11 is 0. The van der Waals surface area contributed by atoms with Gasteiger partial charge in [-0.1, -0.05) is 30.7 Å². The van der Waals surface area contributed by atoms with E-state index < -0.39 is 78.5 Å². The molecule has 1 amide bonds. The Balaban J connectivity index is -0.000000660. The van der Waals surface area contributed by atoms with E-state index in [1.54, 1.807) is 24.3 Å². The maximum atomic E-state index is 10.4. The minimum absolute atomic E-state index is 0.160. The van der Waals surface area contributed by atoms with Crippen LogP contribution >= 0.6 is 0 Å². The van der Waals surface area contributed by atoms with Gasteiger partial charge in [-0.2, -0.15) is 0 Å². The Kier molecular flexibility index (Phi) is 33.0. The van der Waals surface area contributed by atoms with Gasteiger partial charge in [-0.15, -0.1) is 0 Å². The predicted octanol–water partition coefficient (Wildman–Crippen LogP) is -3.29. The molecular formula is C36H60N8O16. The number of hydrogen-bond acceptors (Lipinski definition) is 17. The van der Waals surface area contributed by atoms with E-state index in [9.17, 15) is 33.6 Å². The molecule has 0 bridgehead atoms. The number of carboxylic acids is 6. The summed E-state index contributed by atoms with van der Waals surface area (Å²) in [6.45, 7) is 0.957. The number of primary amides is 1. The van der Waals surface area contributed by atoms with Crippen molar-refractivity contribution in [1.29, 1.82) is 0 Å². The fourth-order valence-electron chi connectivity index (χ4n) is 3.86. The molecule has 1 aliphatic heterocycles. The first-order valence-corrected chi connectivity index (χ1v) is 17.9. The first-order chi connectivity index (χ1) is 27.9. The summed E-state index contributed by atoms with van der Waals surface area (Å²) in [5.74, 6) is -6.47. The van der Waals surface area contributed by atoms with E-state index in [1.165, 1.54) is 24.3 Å². The van der Waals surface area contributed by atoms with E-state index in [0.29, 0.717) is 13.0 Å². The lowest BCUT2D eigenvalue weighted by molar-refractivity contribution is -0.140. The van der Waals surface area contributed by atoms with Gasteiger partial charge in [0.25, 0.3) is 0 Å². The standard InChI is InChI=1S/2C9H11NO3.C6H14N2O2.C5H9NO2.C4H8N2O3.C3H7NO3/c2*10-8(9(12)13)5-6-1-3-7(11)4-2-6;7-4-2-1-3-5(8)6(9)10;7-5(8)4-2-1-3-6-4;5-2(4(8)9)1-3(6)7;4-2(1-5)3(6)7/h2*1-4,8,11H,5,10H2,(H,12,13);5H,1-4,7-8H2,(H,9,10);4,6H,1-3H2,(H,7,8);2H,1,5H2,(H2,6,7)(H,8,9);2,5H,1,4H2,(H,6,7)/t;;;4-;;/m...0../s1. The smallest absolute Gasteiger partial charge is 0.322 e. The van der Waals surface area contributed by atoms with Crippen LogP contribution in [-0.2, 0) is 46.4 Å². The maximum Gasteiger partial charge on any atom is 0.322 e. The number of aliphatic hydroxyl groups is 1. The number of amides is 1. The van der Waals surface area contributed by atoms with Gasteiger partial charge in [0, 0.05) is 0 Å². The number of aromatic hydroxyl groups is 2. The van der Waals surface area contributed by atoms with Crippen molar-refractivity contribution in [2.45, 2.75) is 87.6 Å². The summed E-state index contributed by atoms with van der Waals surface area (Å²) in [5, 5.41) is 78.5. The summed E-state index contributed by atoms with van der Waals surface area (Å²) in [4.78, 5) is 70.6. The molecule has 340 valence electrons. The van der Waals surface area contributed by atoms with E-state index in [1.807, 2.05) is 0 Å². The second kappa shape index (κ2) is 33.9. The van der Waals surface area contributed by atoms with Crippen LogP contribution in [-0.4, -0.2) is 144 Å². The monoisotopic (exact) mass is 860 g/mol. The van der Waals surface area contributed by atoms with Gasteiger partial charge in [0.1, 0.15) is 47.8 Å². The summed E-state index contributed by atoms with van der Waals surface area (Å²) in [6.07, 6.45) is 4.18. The minimum atomic E-state index is -1.21. The number of nitrogens with two attached hydrogens (primary N) is 7. The molecule has 1 heterocycles. The predicted molar refractivity (Wildman–Crippen MR) is 214 cm³/mol. The van der Waals surface area contributed by atoms with Crippen LogP contribution in [0.15, 0.2) is 48.5 Å². The minimum Gasteiger partial charge on any atom is -0.508 e. The Morgan fingerprint density at radius 2 is 0.983 bits per heavy atom. The summed E-state index contributed by atoms with van der Waals surface area (Å²) in [6, 6.07) is 7.58. The zero-order valence-electron chi connectivity index (χ0n) is 32.8. The number of phenolic OH excluding ortho intramolecular Hbond substituents is 2. The topological polar surface area (TPSA) is 496 Å². The molecule has 60 heavy (non-hydrogen) atoms. The molecule has 2 aromatic rings. The van der Waals surface area contributed by atoms with Crippen molar-refractivity contribution in [3.8, 4) is 11.5 Å². The van der Waals surface area contributed by atoms with Crippen LogP contribution in [0.1, 0.15) is 49.7 Å². The lowest BCUT2D eigenvalue weighted by Gasteiger charge is -2.05. The Morgan fingerprint density at radius 1 is 0.600 bits per heavy atom. The fraction of sp³-hybridized carbons (Fsp3) is 0.472. The molecule has 0 saturated carbocycles. The van der Waals surface area contributed by atoms with Crippen molar-refractivity contribution in [2.24, 2.45) is 40.1 Å². The molecule has 24 nitrogen and oxygen atoms in total. The number of unbranched alkanes of at least 4 members (excludes halogenated alkanes) is 1. The molecule has 1 aliphatic rings. The van der Waals surface area contributed by atoms with Crippen molar-refractivity contribution in [2.75, 3.05) is 19.7 Å². The lowest BCUT2D eigenvalue weighted by Crippen LogP contribution is -2.34. The van der Waals surface area contributed by atoms with Crippen molar-refractivity contribution in [1.82, 2.24) is 5.32 Å². The number of benzene rings is 2. The lowest BCUT2D eigenvalue weighted by atomic mass is 10.1. The van der Waals surface area contributed by atoms with Crippen LogP contribution in [0.4, 0.5) is 0 Å². The van der Waals surface area contributed by atoms with Crippen LogP contribution in [0.25, 0.3) is 0 Å². The number of rotatable bonds is 17. The SMILES string of the molecule is NC(=O)CC(N)C(=O)O.NC(CO)C(=O)O.NC(Cc1ccc(O)cc1)C(=O)O.NC(Cc1ccc(O)cc1)C(=O)O.NCCCCC(N)C(=O)O.O=C(O)[C@@H]1CCCN1. The second-order valence-electron chi connectivity index (χ2n) is 12.6. The zero-order valence-corrected chi connectivity index (χ0v) is 32.8. The van der Waals surface area contributed by atoms with Gasteiger partial charge >= 0.3 is 35.8 Å². The van der Waals surface area contributed by atoms with Gasteiger partial charge in [0.05, 0.1) is 13.0 Å². The van der Waals surface area contributed by atoms with Crippen LogP contribution < -0.4 is 45.5 Å². The molecule has 2 aromatic carbocycles. The number of phenols is 2. The Hall–Kier alpha value is -5.99. The fourth-order valence-corrected chi connectivity index (χ4v) is 3.86. The molecular weight excluding hydrogens is 800 g/mol. The molecule has 0 aliphatic carbocycles. The van der Waals surface area contributed by atoms with Crippen molar-refractivity contribution in [3.63, 3.8) is 0 Å².